The molecule has 0 radical (unpaired) electrons. The Hall–Kier alpha value is -2.37. The Kier molecular flexibility index (Phi) is 13.6. The van der Waals surface area contributed by atoms with Crippen molar-refractivity contribution in [3.8, 4) is 0 Å². The van der Waals surface area contributed by atoms with Crippen LogP contribution in [0.4, 0.5) is 4.39 Å². The molecular formula is C20H32FN5. The molecule has 26 heavy (non-hydrogen) atoms. The molecule has 1 atom stereocenters. The van der Waals surface area contributed by atoms with E-state index < -0.39 is 6.17 Å². The zero-order chi connectivity index (χ0) is 19.8. The molecule has 144 valence electrons. The van der Waals surface area contributed by atoms with Gasteiger partial charge in [0.15, 0.2) is 0 Å². The Balaban J connectivity index is 0.000000772. The largest absolute Gasteiger partial charge is 0.278 e. The molecule has 0 spiro atoms. The van der Waals surface area contributed by atoms with Crippen LogP contribution < -0.4 is 0 Å². The average Bonchev–Trinajstić information content (AvgIpc) is 3.11. The highest BCUT2D eigenvalue weighted by Crippen LogP contribution is 2.11. The second-order valence-electron chi connectivity index (χ2n) is 5.35. The second-order valence-corrected chi connectivity index (χ2v) is 5.35. The van der Waals surface area contributed by atoms with Gasteiger partial charge < -0.3 is 0 Å². The fourth-order valence-electron chi connectivity index (χ4n) is 2.13. The summed E-state index contributed by atoms with van der Waals surface area (Å²) >= 11 is 0. The predicted octanol–water partition coefficient (Wildman–Crippen LogP) is 4.63. The molecule has 0 N–H and O–H groups in total. The summed E-state index contributed by atoms with van der Waals surface area (Å²) < 4.78 is 13.2. The average molecular weight is 362 g/mol. The standard InChI is InChI=1S/C14H19N5.C4H7F.C2H6/c1-3-4-12-9-16-10-17-14(12)6-5-13-7-8-18-19(13)11-15-2;1-3-4(2)5;1-2/h7-10H,2-6,11H2,1H3;3-4H,1H2,2H3;1-2H3. The molecule has 0 saturated carbocycles. The van der Waals surface area contributed by atoms with Crippen LogP contribution in [0.25, 0.3) is 0 Å². The summed E-state index contributed by atoms with van der Waals surface area (Å²) in [7, 11) is 0. The first-order chi connectivity index (χ1) is 12.6. The maximum absolute atomic E-state index is 11.3. The van der Waals surface area contributed by atoms with Gasteiger partial charge >= 0.3 is 0 Å². The normalized spacial score (nSPS) is 10.7. The molecule has 2 aromatic heterocycles. The van der Waals surface area contributed by atoms with Gasteiger partial charge in [-0.2, -0.15) is 5.10 Å². The molecule has 0 saturated heterocycles. The molecule has 0 aromatic carbocycles. The van der Waals surface area contributed by atoms with Crippen LogP contribution in [0.3, 0.4) is 0 Å². The maximum Gasteiger partial charge on any atom is 0.130 e. The molecule has 0 aliphatic carbocycles. The van der Waals surface area contributed by atoms with Gasteiger partial charge in [0.25, 0.3) is 0 Å². The van der Waals surface area contributed by atoms with Crippen molar-refractivity contribution in [2.24, 2.45) is 4.99 Å². The van der Waals surface area contributed by atoms with E-state index in [-0.39, 0.29) is 0 Å². The minimum absolute atomic E-state index is 0.508. The first-order valence-electron chi connectivity index (χ1n) is 9.09. The molecular weight excluding hydrogens is 329 g/mol. The third kappa shape index (κ3) is 9.20. The molecule has 5 nitrogen and oxygen atoms in total. The van der Waals surface area contributed by atoms with Crippen molar-refractivity contribution in [1.29, 1.82) is 0 Å². The van der Waals surface area contributed by atoms with Crippen molar-refractivity contribution < 1.29 is 4.39 Å². The summed E-state index contributed by atoms with van der Waals surface area (Å²) in [5.41, 5.74) is 3.54. The van der Waals surface area contributed by atoms with Gasteiger partial charge in [0.05, 0.1) is 0 Å². The lowest BCUT2D eigenvalue weighted by atomic mass is 10.1. The molecule has 1 unspecified atom stereocenters. The van der Waals surface area contributed by atoms with Gasteiger partial charge in [-0.15, -0.1) is 6.58 Å². The van der Waals surface area contributed by atoms with Crippen LogP contribution in [0.5, 0.6) is 0 Å². The molecule has 0 aliphatic heterocycles. The fourth-order valence-corrected chi connectivity index (χ4v) is 2.13. The molecule has 0 aliphatic rings. The number of alkyl halides is 1. The van der Waals surface area contributed by atoms with Crippen LogP contribution in [0, 0.1) is 0 Å². The Morgan fingerprint density at radius 1 is 1.31 bits per heavy atom. The molecule has 6 heteroatoms. The van der Waals surface area contributed by atoms with Gasteiger partial charge in [0.1, 0.15) is 19.2 Å². The number of aliphatic imine (C=N–C) groups is 1. The van der Waals surface area contributed by atoms with Crippen LogP contribution in [0.2, 0.25) is 0 Å². The van der Waals surface area contributed by atoms with E-state index in [1.54, 1.807) is 12.5 Å². The van der Waals surface area contributed by atoms with Gasteiger partial charge in [-0.25, -0.2) is 19.0 Å². The number of hydrogen-bond acceptors (Lipinski definition) is 4. The molecule has 0 amide bonds. The van der Waals surface area contributed by atoms with E-state index in [0.29, 0.717) is 6.67 Å². The van der Waals surface area contributed by atoms with Crippen molar-refractivity contribution in [3.05, 3.63) is 54.4 Å². The van der Waals surface area contributed by atoms with Gasteiger partial charge in [0, 0.05) is 23.8 Å². The third-order valence-corrected chi connectivity index (χ3v) is 3.38. The lowest BCUT2D eigenvalue weighted by Gasteiger charge is -2.07. The third-order valence-electron chi connectivity index (χ3n) is 3.38. The van der Waals surface area contributed by atoms with Crippen molar-refractivity contribution in [3.63, 3.8) is 0 Å². The summed E-state index contributed by atoms with van der Waals surface area (Å²) in [6, 6.07) is 2.02. The molecule has 2 rings (SSSR count). The molecule has 2 aromatic rings. The minimum atomic E-state index is -0.852. The van der Waals surface area contributed by atoms with Gasteiger partial charge in [-0.05, 0) is 44.5 Å². The number of hydrogen-bond donors (Lipinski definition) is 0. The SMILES string of the molecule is C=CC(C)F.C=NCn1nccc1CCc1ncncc1CCC.CC. The highest BCUT2D eigenvalue weighted by atomic mass is 19.1. The summed E-state index contributed by atoms with van der Waals surface area (Å²) in [6.07, 6.45) is 9.70. The Bertz CT molecular complexity index is 622. The Morgan fingerprint density at radius 2 is 2.00 bits per heavy atom. The van der Waals surface area contributed by atoms with Crippen molar-refractivity contribution in [1.82, 2.24) is 19.7 Å². The highest BCUT2D eigenvalue weighted by molar-refractivity contribution is 5.22. The van der Waals surface area contributed by atoms with Crippen LogP contribution in [0.1, 0.15) is 51.1 Å². The zero-order valence-corrected chi connectivity index (χ0v) is 16.5. The van der Waals surface area contributed by atoms with Crippen molar-refractivity contribution in [2.45, 2.75) is 66.2 Å². The first-order valence-corrected chi connectivity index (χ1v) is 9.09. The van der Waals surface area contributed by atoms with Crippen molar-refractivity contribution in [2.75, 3.05) is 0 Å². The number of allylic oxidation sites excluding steroid dienone is 1. The van der Waals surface area contributed by atoms with Crippen LogP contribution in [0.15, 0.2) is 42.4 Å². The van der Waals surface area contributed by atoms with E-state index in [1.165, 1.54) is 18.6 Å². The van der Waals surface area contributed by atoms with Crippen LogP contribution in [-0.2, 0) is 25.9 Å². The molecule has 0 fully saturated rings. The van der Waals surface area contributed by atoms with Gasteiger partial charge in [-0.3, -0.25) is 4.99 Å². The topological polar surface area (TPSA) is 56.0 Å². The van der Waals surface area contributed by atoms with Gasteiger partial charge in [0.2, 0.25) is 0 Å². The van der Waals surface area contributed by atoms with E-state index in [9.17, 15) is 4.39 Å². The van der Waals surface area contributed by atoms with Crippen LogP contribution in [-0.4, -0.2) is 32.6 Å². The Morgan fingerprint density at radius 3 is 2.58 bits per heavy atom. The summed E-state index contributed by atoms with van der Waals surface area (Å²) in [5, 5.41) is 4.23. The van der Waals surface area contributed by atoms with E-state index in [2.05, 4.69) is 40.3 Å². The number of aryl methyl sites for hydroxylation is 3. The number of nitrogens with zero attached hydrogens (tertiary/aromatic N) is 5. The molecule has 2 heterocycles. The van der Waals surface area contributed by atoms with E-state index >= 15 is 0 Å². The van der Waals surface area contributed by atoms with E-state index in [1.807, 2.05) is 30.8 Å². The Labute approximate surface area is 157 Å². The highest BCUT2D eigenvalue weighted by Gasteiger charge is 2.06. The summed E-state index contributed by atoms with van der Waals surface area (Å²) in [6.45, 7) is 14.8. The lowest BCUT2D eigenvalue weighted by Crippen LogP contribution is -2.07. The number of halogens is 1. The lowest BCUT2D eigenvalue weighted by molar-refractivity contribution is 0.431. The maximum atomic E-state index is 11.3. The first kappa shape index (κ1) is 23.6. The second kappa shape index (κ2) is 14.9. The number of aromatic nitrogens is 4. The van der Waals surface area contributed by atoms with Gasteiger partial charge in [-0.1, -0.05) is 33.3 Å². The van der Waals surface area contributed by atoms with Crippen LogP contribution >= 0.6 is 0 Å². The zero-order valence-electron chi connectivity index (χ0n) is 16.5. The minimum Gasteiger partial charge on any atom is -0.278 e. The smallest absolute Gasteiger partial charge is 0.130 e. The van der Waals surface area contributed by atoms with Crippen molar-refractivity contribution >= 4 is 6.72 Å². The predicted molar refractivity (Wildman–Crippen MR) is 107 cm³/mol. The van der Waals surface area contributed by atoms with E-state index in [0.717, 1.165) is 37.1 Å². The quantitative estimate of drug-likeness (QED) is 0.509. The van der Waals surface area contributed by atoms with E-state index in [4.69, 9.17) is 0 Å². The monoisotopic (exact) mass is 361 g/mol. The number of rotatable bonds is 8. The fraction of sp³-hybridized carbons (Fsp3) is 0.500. The summed E-state index contributed by atoms with van der Waals surface area (Å²) in [5.74, 6) is 0. The summed E-state index contributed by atoms with van der Waals surface area (Å²) in [4.78, 5) is 12.4. The molecule has 0 bridgehead atoms.